The van der Waals surface area contributed by atoms with Crippen LogP contribution < -0.4 is 15.7 Å². The van der Waals surface area contributed by atoms with E-state index < -0.39 is 0 Å². The van der Waals surface area contributed by atoms with Crippen molar-refractivity contribution in [2.24, 2.45) is 0 Å². The third-order valence-electron chi connectivity index (χ3n) is 3.18. The fourth-order valence-electron chi connectivity index (χ4n) is 2.30. The number of nitrogens with one attached hydrogen (secondary N) is 1. The van der Waals surface area contributed by atoms with E-state index in [9.17, 15) is 0 Å². The highest BCUT2D eigenvalue weighted by molar-refractivity contribution is 6.71. The van der Waals surface area contributed by atoms with Crippen LogP contribution in [0.5, 0.6) is 0 Å². The summed E-state index contributed by atoms with van der Waals surface area (Å²) in [4.78, 5) is 0. The molecule has 1 aliphatic heterocycles. The van der Waals surface area contributed by atoms with Gasteiger partial charge in [-0.1, -0.05) is 29.8 Å². The summed E-state index contributed by atoms with van der Waals surface area (Å²) in [5.74, 6) is 0. The van der Waals surface area contributed by atoms with Crippen molar-refractivity contribution in [2.45, 2.75) is 13.8 Å². The van der Waals surface area contributed by atoms with E-state index in [2.05, 4.69) is 55.6 Å². The molecule has 0 aliphatic carbocycles. The van der Waals surface area contributed by atoms with Gasteiger partial charge in [-0.3, -0.25) is 0 Å². The van der Waals surface area contributed by atoms with E-state index in [4.69, 9.17) is 0 Å². The molecule has 0 bridgehead atoms. The summed E-state index contributed by atoms with van der Waals surface area (Å²) in [5, 5.41) is 6.61. The minimum atomic E-state index is -0.295. The number of hydrogen-bond acceptors (Lipinski definition) is 1. The molecule has 0 radical (unpaired) electrons. The highest BCUT2D eigenvalue weighted by Crippen LogP contribution is 2.18. The van der Waals surface area contributed by atoms with Crippen molar-refractivity contribution in [3.63, 3.8) is 0 Å². The summed E-state index contributed by atoms with van der Waals surface area (Å²) in [6.07, 6.45) is 0. The average molecular weight is 225 g/mol. The van der Waals surface area contributed by atoms with Gasteiger partial charge in [-0.15, -0.1) is 0 Å². The molecule has 1 aliphatic rings. The van der Waals surface area contributed by atoms with Gasteiger partial charge in [0.05, 0.1) is 9.52 Å². The van der Waals surface area contributed by atoms with E-state index in [0.717, 1.165) is 0 Å². The van der Waals surface area contributed by atoms with Gasteiger partial charge in [-0.2, -0.15) is 0 Å². The molecule has 0 aromatic heterocycles. The molecule has 16 heavy (non-hydrogen) atoms. The molecular weight excluding hydrogens is 210 g/mol. The summed E-state index contributed by atoms with van der Waals surface area (Å²) < 4.78 is 0. The Morgan fingerprint density at radius 3 is 2.44 bits per heavy atom. The zero-order valence-electron chi connectivity index (χ0n) is 9.67. The summed E-state index contributed by atoms with van der Waals surface area (Å²) in [7, 11) is -0.295. The Balaban J connectivity index is 2.09. The minimum absolute atomic E-state index is 0.295. The number of benzene rings is 2. The zero-order valence-corrected chi connectivity index (χ0v) is 11.1. The Bertz CT molecular complexity index is 509. The lowest BCUT2D eigenvalue weighted by atomic mass is 10.2. The normalized spacial score (nSPS) is 14.1. The summed E-state index contributed by atoms with van der Waals surface area (Å²) in [5.41, 5.74) is 5.33. The Labute approximate surface area is 98.3 Å². The van der Waals surface area contributed by atoms with Crippen molar-refractivity contribution >= 4 is 31.3 Å². The van der Waals surface area contributed by atoms with E-state index in [1.165, 1.54) is 32.9 Å². The lowest BCUT2D eigenvalue weighted by Crippen LogP contribution is -2.35. The first kappa shape index (κ1) is 9.67. The third kappa shape index (κ3) is 1.55. The monoisotopic (exact) mass is 225 g/mol. The topological polar surface area (TPSA) is 12.0 Å². The first-order valence-electron chi connectivity index (χ1n) is 5.68. The standard InChI is InChI=1S/C14H15NSi/c1-9-4-6-13-12(7-9)15-11-5-3-10(2)8-14(11)16-13/h3-8,15H,16H2,1-2H3. The van der Waals surface area contributed by atoms with E-state index >= 15 is 0 Å². The minimum Gasteiger partial charge on any atom is -0.356 e. The smallest absolute Gasteiger partial charge is 0.0929 e. The first-order valence-corrected chi connectivity index (χ1v) is 7.10. The second-order valence-electron chi connectivity index (χ2n) is 4.62. The molecule has 0 atom stereocenters. The van der Waals surface area contributed by atoms with Crippen LogP contribution in [0.2, 0.25) is 0 Å². The van der Waals surface area contributed by atoms with Crippen LogP contribution in [0.25, 0.3) is 0 Å². The van der Waals surface area contributed by atoms with Crippen molar-refractivity contribution in [3.05, 3.63) is 47.5 Å². The molecule has 0 amide bonds. The largest absolute Gasteiger partial charge is 0.356 e. The predicted octanol–water partition coefficient (Wildman–Crippen LogP) is 1.48. The van der Waals surface area contributed by atoms with Crippen molar-refractivity contribution in [1.29, 1.82) is 0 Å². The van der Waals surface area contributed by atoms with Gasteiger partial charge < -0.3 is 5.32 Å². The molecule has 80 valence electrons. The summed E-state index contributed by atoms with van der Waals surface area (Å²) >= 11 is 0. The maximum absolute atomic E-state index is 3.54. The van der Waals surface area contributed by atoms with Gasteiger partial charge in [-0.05, 0) is 41.9 Å². The van der Waals surface area contributed by atoms with Crippen molar-refractivity contribution in [1.82, 2.24) is 0 Å². The Kier molecular flexibility index (Phi) is 2.11. The molecule has 3 rings (SSSR count). The molecule has 1 heterocycles. The molecule has 2 aromatic rings. The quantitative estimate of drug-likeness (QED) is 0.572. The summed E-state index contributed by atoms with van der Waals surface area (Å²) in [6, 6.07) is 13.5. The fraction of sp³-hybridized carbons (Fsp3) is 0.143. The van der Waals surface area contributed by atoms with Crippen LogP contribution in [0, 0.1) is 13.8 Å². The molecule has 2 heteroatoms. The lowest BCUT2D eigenvalue weighted by molar-refractivity contribution is 1.44. The molecule has 0 unspecified atom stereocenters. The molecule has 0 spiro atoms. The molecule has 0 saturated heterocycles. The maximum Gasteiger partial charge on any atom is 0.0929 e. The second kappa shape index (κ2) is 3.49. The van der Waals surface area contributed by atoms with Gasteiger partial charge in [0.2, 0.25) is 0 Å². The van der Waals surface area contributed by atoms with Crippen LogP contribution in [0.4, 0.5) is 11.4 Å². The van der Waals surface area contributed by atoms with E-state index in [0.29, 0.717) is 0 Å². The van der Waals surface area contributed by atoms with Gasteiger partial charge in [0.1, 0.15) is 0 Å². The van der Waals surface area contributed by atoms with Crippen molar-refractivity contribution in [2.75, 3.05) is 5.32 Å². The number of fused-ring (bicyclic) bond motifs is 2. The highest BCUT2D eigenvalue weighted by atomic mass is 28.2. The molecule has 1 nitrogen and oxygen atoms in total. The van der Waals surface area contributed by atoms with Gasteiger partial charge in [0.15, 0.2) is 0 Å². The first-order chi connectivity index (χ1) is 7.72. The van der Waals surface area contributed by atoms with Crippen molar-refractivity contribution in [3.8, 4) is 0 Å². The molecule has 2 aromatic carbocycles. The van der Waals surface area contributed by atoms with Crippen LogP contribution >= 0.6 is 0 Å². The Hall–Kier alpha value is -1.54. The second-order valence-corrected chi connectivity index (χ2v) is 6.50. The van der Waals surface area contributed by atoms with Crippen LogP contribution in [0.3, 0.4) is 0 Å². The fourth-order valence-corrected chi connectivity index (χ4v) is 4.15. The highest BCUT2D eigenvalue weighted by Gasteiger charge is 2.14. The molecule has 0 saturated carbocycles. The number of aryl methyl sites for hydroxylation is 2. The Morgan fingerprint density at radius 1 is 0.812 bits per heavy atom. The lowest BCUT2D eigenvalue weighted by Gasteiger charge is -2.22. The predicted molar refractivity (Wildman–Crippen MR) is 73.5 cm³/mol. The van der Waals surface area contributed by atoms with Crippen LogP contribution in [0.1, 0.15) is 11.1 Å². The molecule has 0 fully saturated rings. The van der Waals surface area contributed by atoms with Gasteiger partial charge in [0, 0.05) is 11.4 Å². The van der Waals surface area contributed by atoms with Crippen LogP contribution in [-0.2, 0) is 0 Å². The van der Waals surface area contributed by atoms with Crippen LogP contribution in [0.15, 0.2) is 36.4 Å². The van der Waals surface area contributed by atoms with Gasteiger partial charge >= 0.3 is 0 Å². The molecular formula is C14H15NSi. The Morgan fingerprint density at radius 2 is 1.56 bits per heavy atom. The molecule has 1 N–H and O–H groups in total. The van der Waals surface area contributed by atoms with E-state index in [1.54, 1.807) is 0 Å². The number of hydrogen-bond donors (Lipinski definition) is 1. The zero-order chi connectivity index (χ0) is 11.1. The third-order valence-corrected chi connectivity index (χ3v) is 5.14. The van der Waals surface area contributed by atoms with Crippen molar-refractivity contribution < 1.29 is 0 Å². The number of rotatable bonds is 0. The van der Waals surface area contributed by atoms with E-state index in [1.807, 2.05) is 0 Å². The average Bonchev–Trinajstić information content (AvgIpc) is 2.26. The SMILES string of the molecule is Cc1ccc2c(c1)Nc1ccc(C)cc1[SiH2]2. The van der Waals surface area contributed by atoms with Gasteiger partial charge in [-0.25, -0.2) is 0 Å². The number of anilines is 2. The van der Waals surface area contributed by atoms with E-state index in [-0.39, 0.29) is 9.52 Å². The summed E-state index contributed by atoms with van der Waals surface area (Å²) in [6.45, 7) is 4.31. The van der Waals surface area contributed by atoms with Crippen LogP contribution in [-0.4, -0.2) is 9.52 Å². The maximum atomic E-state index is 3.54. The van der Waals surface area contributed by atoms with Gasteiger partial charge in [0.25, 0.3) is 0 Å².